The number of carbonyl (C=O) groups excluding carboxylic acids is 1. The lowest BCUT2D eigenvalue weighted by Crippen LogP contribution is -2.39. The number of methoxy groups -OCH3 is 1. The first-order chi connectivity index (χ1) is 13.6. The van der Waals surface area contributed by atoms with Crippen molar-refractivity contribution in [3.63, 3.8) is 0 Å². The number of benzene rings is 1. The number of aryl methyl sites for hydroxylation is 1. The van der Waals surface area contributed by atoms with Crippen LogP contribution >= 0.6 is 0 Å². The molecule has 0 saturated carbocycles. The Morgan fingerprint density at radius 1 is 1.18 bits per heavy atom. The Hall–Kier alpha value is -2.47. The third-order valence-corrected chi connectivity index (χ3v) is 5.44. The van der Waals surface area contributed by atoms with Crippen molar-refractivity contribution < 1.29 is 14.3 Å². The molecule has 1 aromatic carbocycles. The summed E-state index contributed by atoms with van der Waals surface area (Å²) < 4.78 is 11.1. The Bertz CT molecular complexity index is 743. The molecule has 28 heavy (non-hydrogen) atoms. The molecule has 0 N–H and O–H groups in total. The molecular weight excluding hydrogens is 354 g/mol. The average molecular weight is 383 g/mol. The fourth-order valence-corrected chi connectivity index (χ4v) is 3.60. The number of ether oxygens (including phenoxy) is 2. The van der Waals surface area contributed by atoms with Gasteiger partial charge in [0.15, 0.2) is 6.10 Å². The van der Waals surface area contributed by atoms with Crippen LogP contribution in [0.25, 0.3) is 0 Å². The summed E-state index contributed by atoms with van der Waals surface area (Å²) in [6.45, 7) is 5.80. The van der Waals surface area contributed by atoms with Crippen LogP contribution in [0.3, 0.4) is 0 Å². The number of aromatic nitrogens is 2. The summed E-state index contributed by atoms with van der Waals surface area (Å²) >= 11 is 0. The smallest absolute Gasteiger partial charge is 0.340 e. The lowest BCUT2D eigenvalue weighted by molar-refractivity contribution is -0.163. The van der Waals surface area contributed by atoms with Gasteiger partial charge in [0.1, 0.15) is 6.10 Å². The standard InChI is InChI=1S/C22H29N3O3/c1-4-17-14-23-22(24-15-17)25-12-10-18(11-13-25)16(2)28-21(26)20(27-3)19-8-6-5-7-9-19/h5-9,14-16,18,20H,4,10-13H2,1-3H3/t16?,20-/m1/s1. The minimum Gasteiger partial charge on any atom is -0.460 e. The van der Waals surface area contributed by atoms with Crippen LogP contribution in [0, 0.1) is 5.92 Å². The van der Waals surface area contributed by atoms with Gasteiger partial charge in [0.2, 0.25) is 5.95 Å². The van der Waals surface area contributed by atoms with Crippen LogP contribution < -0.4 is 4.90 Å². The van der Waals surface area contributed by atoms with Crippen LogP contribution in [0.5, 0.6) is 0 Å². The molecule has 150 valence electrons. The van der Waals surface area contributed by atoms with Gasteiger partial charge in [-0.2, -0.15) is 0 Å². The molecule has 2 aromatic rings. The molecule has 0 bridgehead atoms. The number of carbonyl (C=O) groups is 1. The van der Waals surface area contributed by atoms with E-state index in [9.17, 15) is 4.79 Å². The lowest BCUT2D eigenvalue weighted by atomic mass is 9.92. The summed E-state index contributed by atoms with van der Waals surface area (Å²) in [6, 6.07) is 9.45. The number of rotatable bonds is 7. The number of nitrogens with zero attached hydrogens (tertiary/aromatic N) is 3. The molecule has 1 aliphatic rings. The molecule has 2 heterocycles. The van der Waals surface area contributed by atoms with Crippen LogP contribution in [0.15, 0.2) is 42.7 Å². The molecule has 1 saturated heterocycles. The van der Waals surface area contributed by atoms with E-state index < -0.39 is 6.10 Å². The number of hydrogen-bond donors (Lipinski definition) is 0. The van der Waals surface area contributed by atoms with Gasteiger partial charge in [-0.15, -0.1) is 0 Å². The SMILES string of the molecule is CCc1cnc(N2CCC(C(C)OC(=O)[C@H](OC)c3ccccc3)CC2)nc1. The highest BCUT2D eigenvalue weighted by atomic mass is 16.6. The summed E-state index contributed by atoms with van der Waals surface area (Å²) in [5.41, 5.74) is 1.95. The third-order valence-electron chi connectivity index (χ3n) is 5.44. The number of hydrogen-bond acceptors (Lipinski definition) is 6. The van der Waals surface area contributed by atoms with E-state index in [0.29, 0.717) is 5.92 Å². The normalized spacial score (nSPS) is 17.2. The van der Waals surface area contributed by atoms with Crippen molar-refractivity contribution in [2.24, 2.45) is 5.92 Å². The zero-order chi connectivity index (χ0) is 19.9. The third kappa shape index (κ3) is 4.87. The van der Waals surface area contributed by atoms with E-state index in [0.717, 1.165) is 49.4 Å². The molecule has 1 aliphatic heterocycles. The van der Waals surface area contributed by atoms with Gasteiger partial charge in [-0.25, -0.2) is 14.8 Å². The van der Waals surface area contributed by atoms with Gasteiger partial charge in [0, 0.05) is 32.6 Å². The van der Waals surface area contributed by atoms with E-state index in [1.807, 2.05) is 49.6 Å². The van der Waals surface area contributed by atoms with Gasteiger partial charge >= 0.3 is 5.97 Å². The highest BCUT2D eigenvalue weighted by molar-refractivity contribution is 5.76. The molecule has 1 unspecified atom stereocenters. The van der Waals surface area contributed by atoms with Crippen LogP contribution in [0.2, 0.25) is 0 Å². The first-order valence-corrected chi connectivity index (χ1v) is 9.96. The van der Waals surface area contributed by atoms with Crippen molar-refractivity contribution in [3.05, 3.63) is 53.9 Å². The predicted octanol–water partition coefficient (Wildman–Crippen LogP) is 3.57. The number of piperidine rings is 1. The molecule has 1 fully saturated rings. The van der Waals surface area contributed by atoms with E-state index in [1.165, 1.54) is 7.11 Å². The van der Waals surface area contributed by atoms with Gasteiger partial charge in [-0.05, 0) is 43.2 Å². The Labute approximate surface area is 166 Å². The average Bonchev–Trinajstić information content (AvgIpc) is 2.75. The van der Waals surface area contributed by atoms with Crippen molar-refractivity contribution in [1.29, 1.82) is 0 Å². The highest BCUT2D eigenvalue weighted by Crippen LogP contribution is 2.27. The van der Waals surface area contributed by atoms with Gasteiger partial charge in [0.25, 0.3) is 0 Å². The first kappa shape index (κ1) is 20.3. The molecule has 2 atom stereocenters. The van der Waals surface area contributed by atoms with E-state index in [2.05, 4.69) is 21.8 Å². The summed E-state index contributed by atoms with van der Waals surface area (Å²) in [5, 5.41) is 0. The van der Waals surface area contributed by atoms with Crippen LogP contribution in [0.4, 0.5) is 5.95 Å². The van der Waals surface area contributed by atoms with E-state index in [4.69, 9.17) is 9.47 Å². The van der Waals surface area contributed by atoms with Crippen LogP contribution in [0.1, 0.15) is 43.9 Å². The van der Waals surface area contributed by atoms with Crippen molar-refractivity contribution in [2.45, 2.75) is 45.3 Å². The monoisotopic (exact) mass is 383 g/mol. The van der Waals surface area contributed by atoms with Gasteiger partial charge < -0.3 is 14.4 Å². The largest absolute Gasteiger partial charge is 0.460 e. The van der Waals surface area contributed by atoms with Crippen LogP contribution in [-0.2, 0) is 20.7 Å². The van der Waals surface area contributed by atoms with Crippen molar-refractivity contribution in [2.75, 3.05) is 25.1 Å². The summed E-state index contributed by atoms with van der Waals surface area (Å²) in [6.07, 6.45) is 5.78. The second kappa shape index (κ2) is 9.64. The lowest BCUT2D eigenvalue weighted by Gasteiger charge is -2.34. The van der Waals surface area contributed by atoms with E-state index in [1.54, 1.807) is 0 Å². The Balaban J connectivity index is 1.53. The molecular formula is C22H29N3O3. The molecule has 6 nitrogen and oxygen atoms in total. The fraction of sp³-hybridized carbons (Fsp3) is 0.500. The van der Waals surface area contributed by atoms with Gasteiger partial charge in [0.05, 0.1) is 0 Å². The molecule has 0 aliphatic carbocycles. The quantitative estimate of drug-likeness (QED) is 0.681. The van der Waals surface area contributed by atoms with Crippen molar-refractivity contribution in [1.82, 2.24) is 9.97 Å². The minimum absolute atomic E-state index is 0.153. The topological polar surface area (TPSA) is 64.6 Å². The Morgan fingerprint density at radius 2 is 1.82 bits per heavy atom. The molecule has 0 spiro atoms. The number of esters is 1. The van der Waals surface area contributed by atoms with E-state index in [-0.39, 0.29) is 12.1 Å². The molecule has 3 rings (SSSR count). The van der Waals surface area contributed by atoms with Crippen LogP contribution in [-0.4, -0.2) is 42.2 Å². The van der Waals surface area contributed by atoms with Crippen molar-refractivity contribution in [3.8, 4) is 0 Å². The minimum atomic E-state index is -0.686. The molecule has 0 radical (unpaired) electrons. The maximum atomic E-state index is 12.6. The Morgan fingerprint density at radius 3 is 2.39 bits per heavy atom. The molecule has 1 aromatic heterocycles. The summed E-state index contributed by atoms with van der Waals surface area (Å²) in [4.78, 5) is 23.7. The second-order valence-electron chi connectivity index (χ2n) is 7.24. The maximum absolute atomic E-state index is 12.6. The van der Waals surface area contributed by atoms with E-state index >= 15 is 0 Å². The van der Waals surface area contributed by atoms with Gasteiger partial charge in [-0.3, -0.25) is 0 Å². The maximum Gasteiger partial charge on any atom is 0.340 e. The second-order valence-corrected chi connectivity index (χ2v) is 7.24. The summed E-state index contributed by atoms with van der Waals surface area (Å²) in [7, 11) is 1.53. The van der Waals surface area contributed by atoms with Crippen molar-refractivity contribution >= 4 is 11.9 Å². The predicted molar refractivity (Wildman–Crippen MR) is 108 cm³/mol. The zero-order valence-electron chi connectivity index (χ0n) is 16.9. The fourth-order valence-electron chi connectivity index (χ4n) is 3.60. The zero-order valence-corrected chi connectivity index (χ0v) is 16.9. The Kier molecular flexibility index (Phi) is 6.98. The summed E-state index contributed by atoms with van der Waals surface area (Å²) in [5.74, 6) is 0.773. The highest BCUT2D eigenvalue weighted by Gasteiger charge is 2.30. The number of anilines is 1. The first-order valence-electron chi connectivity index (χ1n) is 9.96. The molecule has 0 amide bonds. The van der Waals surface area contributed by atoms with Gasteiger partial charge in [-0.1, -0.05) is 37.3 Å². The molecule has 6 heteroatoms.